The molecule has 0 saturated heterocycles. The summed E-state index contributed by atoms with van der Waals surface area (Å²) in [6.07, 6.45) is 11.7. The quantitative estimate of drug-likeness (QED) is 0.608. The minimum Gasteiger partial charge on any atom is -0.394 e. The lowest BCUT2D eigenvalue weighted by Gasteiger charge is -2.09. The SMILES string of the molecule is CCCC(CC)C/C=C\C(C)=C/NC. The molecule has 0 rings (SSSR count). The molecule has 0 spiro atoms. The van der Waals surface area contributed by atoms with E-state index in [9.17, 15) is 0 Å². The zero-order chi connectivity index (χ0) is 10.8. The van der Waals surface area contributed by atoms with Gasteiger partial charge in [0.1, 0.15) is 0 Å². The van der Waals surface area contributed by atoms with Gasteiger partial charge >= 0.3 is 0 Å². The van der Waals surface area contributed by atoms with E-state index in [2.05, 4.69) is 38.2 Å². The van der Waals surface area contributed by atoms with Crippen molar-refractivity contribution in [1.29, 1.82) is 0 Å². The molecule has 1 N–H and O–H groups in total. The standard InChI is InChI=1S/C13H25N/c1-5-8-13(6-2)10-7-9-12(3)11-14-4/h7,9,11,13-14H,5-6,8,10H2,1-4H3/b9-7-,12-11-. The summed E-state index contributed by atoms with van der Waals surface area (Å²) in [4.78, 5) is 0. The van der Waals surface area contributed by atoms with E-state index < -0.39 is 0 Å². The molecule has 0 radical (unpaired) electrons. The van der Waals surface area contributed by atoms with Crippen LogP contribution in [-0.4, -0.2) is 7.05 Å². The van der Waals surface area contributed by atoms with Crippen LogP contribution in [0.1, 0.15) is 46.5 Å². The lowest BCUT2D eigenvalue weighted by Crippen LogP contribution is -1.96. The molecule has 0 aliphatic heterocycles. The lowest BCUT2D eigenvalue weighted by atomic mass is 9.97. The smallest absolute Gasteiger partial charge is 0.00277 e. The minimum atomic E-state index is 0.874. The maximum atomic E-state index is 3.03. The fourth-order valence-electron chi connectivity index (χ4n) is 1.62. The van der Waals surface area contributed by atoms with Crippen LogP contribution in [0.4, 0.5) is 0 Å². The van der Waals surface area contributed by atoms with Crippen molar-refractivity contribution in [2.24, 2.45) is 5.92 Å². The average Bonchev–Trinajstić information content (AvgIpc) is 2.17. The van der Waals surface area contributed by atoms with E-state index in [1.165, 1.54) is 31.3 Å². The summed E-state index contributed by atoms with van der Waals surface area (Å²) >= 11 is 0. The number of rotatable bonds is 7. The molecule has 1 heteroatoms. The Morgan fingerprint density at radius 1 is 1.36 bits per heavy atom. The van der Waals surface area contributed by atoms with Crippen LogP contribution in [0.25, 0.3) is 0 Å². The number of hydrogen-bond donors (Lipinski definition) is 1. The molecule has 1 nitrogen and oxygen atoms in total. The molecule has 0 aliphatic carbocycles. The van der Waals surface area contributed by atoms with Crippen molar-refractivity contribution in [3.05, 3.63) is 23.9 Å². The van der Waals surface area contributed by atoms with Crippen LogP contribution in [0, 0.1) is 5.92 Å². The van der Waals surface area contributed by atoms with Crippen LogP contribution in [0.2, 0.25) is 0 Å². The summed E-state index contributed by atoms with van der Waals surface area (Å²) in [6, 6.07) is 0. The Bertz CT molecular complexity index is 180. The zero-order valence-corrected chi connectivity index (χ0v) is 10.1. The summed E-state index contributed by atoms with van der Waals surface area (Å²) < 4.78 is 0. The van der Waals surface area contributed by atoms with Crippen LogP contribution in [0.5, 0.6) is 0 Å². The van der Waals surface area contributed by atoms with Crippen molar-refractivity contribution in [3.63, 3.8) is 0 Å². The van der Waals surface area contributed by atoms with Crippen molar-refractivity contribution in [3.8, 4) is 0 Å². The molecule has 1 atom stereocenters. The minimum absolute atomic E-state index is 0.874. The summed E-state index contributed by atoms with van der Waals surface area (Å²) in [5.74, 6) is 0.874. The summed E-state index contributed by atoms with van der Waals surface area (Å²) in [7, 11) is 1.93. The molecular formula is C13H25N. The highest BCUT2D eigenvalue weighted by molar-refractivity contribution is 5.14. The predicted octanol–water partition coefficient (Wildman–Crippen LogP) is 3.88. The Hall–Kier alpha value is -0.720. The highest BCUT2D eigenvalue weighted by Gasteiger charge is 2.01. The Kier molecular flexibility index (Phi) is 8.40. The van der Waals surface area contributed by atoms with Gasteiger partial charge in [0.2, 0.25) is 0 Å². The maximum Gasteiger partial charge on any atom is 0.00277 e. The Morgan fingerprint density at radius 3 is 2.57 bits per heavy atom. The topological polar surface area (TPSA) is 12.0 Å². The van der Waals surface area contributed by atoms with E-state index in [0.29, 0.717) is 0 Å². The summed E-state index contributed by atoms with van der Waals surface area (Å²) in [5, 5.41) is 3.03. The molecule has 0 amide bonds. The molecule has 0 aliphatic rings. The van der Waals surface area contributed by atoms with Crippen LogP contribution in [-0.2, 0) is 0 Å². The molecule has 82 valence electrons. The van der Waals surface area contributed by atoms with Crippen LogP contribution in [0.3, 0.4) is 0 Å². The van der Waals surface area contributed by atoms with E-state index in [-0.39, 0.29) is 0 Å². The first-order valence-electron chi connectivity index (χ1n) is 5.75. The third-order valence-corrected chi connectivity index (χ3v) is 2.50. The lowest BCUT2D eigenvalue weighted by molar-refractivity contribution is 0.470. The monoisotopic (exact) mass is 195 g/mol. The zero-order valence-electron chi connectivity index (χ0n) is 10.1. The third kappa shape index (κ3) is 6.76. The fourth-order valence-corrected chi connectivity index (χ4v) is 1.62. The number of allylic oxidation sites excluding steroid dienone is 3. The maximum absolute atomic E-state index is 3.03. The molecular weight excluding hydrogens is 170 g/mol. The van der Waals surface area contributed by atoms with Crippen molar-refractivity contribution in [2.45, 2.75) is 46.5 Å². The Balaban J connectivity index is 3.83. The van der Waals surface area contributed by atoms with Gasteiger partial charge in [0.05, 0.1) is 0 Å². The average molecular weight is 195 g/mol. The molecule has 0 aromatic carbocycles. The highest BCUT2D eigenvalue weighted by Crippen LogP contribution is 2.15. The molecule has 0 aromatic heterocycles. The van der Waals surface area contributed by atoms with Crippen LogP contribution in [0.15, 0.2) is 23.9 Å². The second-order valence-corrected chi connectivity index (χ2v) is 3.88. The van der Waals surface area contributed by atoms with Crippen molar-refractivity contribution < 1.29 is 0 Å². The first-order valence-corrected chi connectivity index (χ1v) is 5.75. The molecule has 1 unspecified atom stereocenters. The molecule has 0 saturated carbocycles. The normalized spacial score (nSPS) is 14.7. The van der Waals surface area contributed by atoms with Gasteiger partial charge in [-0.2, -0.15) is 0 Å². The molecule has 14 heavy (non-hydrogen) atoms. The molecule has 0 bridgehead atoms. The number of hydrogen-bond acceptors (Lipinski definition) is 1. The third-order valence-electron chi connectivity index (χ3n) is 2.50. The molecule has 0 fully saturated rings. The predicted molar refractivity (Wildman–Crippen MR) is 65.3 cm³/mol. The van der Waals surface area contributed by atoms with Gasteiger partial charge in [-0.05, 0) is 31.0 Å². The summed E-state index contributed by atoms with van der Waals surface area (Å²) in [6.45, 7) is 6.66. The number of nitrogens with one attached hydrogen (secondary N) is 1. The molecule has 0 heterocycles. The first-order chi connectivity index (χ1) is 6.74. The van der Waals surface area contributed by atoms with Crippen molar-refractivity contribution in [1.82, 2.24) is 5.32 Å². The van der Waals surface area contributed by atoms with E-state index in [0.717, 1.165) is 5.92 Å². The van der Waals surface area contributed by atoms with Gasteiger partial charge in [-0.15, -0.1) is 0 Å². The van der Waals surface area contributed by atoms with Gasteiger partial charge in [0.25, 0.3) is 0 Å². The Morgan fingerprint density at radius 2 is 2.07 bits per heavy atom. The Labute approximate surface area is 89.3 Å². The highest BCUT2D eigenvalue weighted by atomic mass is 14.8. The van der Waals surface area contributed by atoms with E-state index in [4.69, 9.17) is 0 Å². The summed E-state index contributed by atoms with van der Waals surface area (Å²) in [5.41, 5.74) is 1.29. The van der Waals surface area contributed by atoms with Crippen molar-refractivity contribution in [2.75, 3.05) is 7.05 Å². The van der Waals surface area contributed by atoms with Crippen LogP contribution < -0.4 is 5.32 Å². The first kappa shape index (κ1) is 13.3. The fraction of sp³-hybridized carbons (Fsp3) is 0.692. The van der Waals surface area contributed by atoms with Gasteiger partial charge in [-0.3, -0.25) is 0 Å². The van der Waals surface area contributed by atoms with Gasteiger partial charge in [0, 0.05) is 7.05 Å². The van der Waals surface area contributed by atoms with Gasteiger partial charge in [-0.25, -0.2) is 0 Å². The van der Waals surface area contributed by atoms with Crippen molar-refractivity contribution >= 4 is 0 Å². The van der Waals surface area contributed by atoms with E-state index in [1.54, 1.807) is 0 Å². The largest absolute Gasteiger partial charge is 0.394 e. The van der Waals surface area contributed by atoms with Gasteiger partial charge < -0.3 is 5.32 Å². The molecule has 0 aromatic rings. The van der Waals surface area contributed by atoms with E-state index >= 15 is 0 Å². The second kappa shape index (κ2) is 8.86. The van der Waals surface area contributed by atoms with Crippen LogP contribution >= 0.6 is 0 Å². The van der Waals surface area contributed by atoms with Gasteiger partial charge in [0.15, 0.2) is 0 Å². The second-order valence-electron chi connectivity index (χ2n) is 3.88. The van der Waals surface area contributed by atoms with E-state index in [1.807, 2.05) is 13.2 Å². The van der Waals surface area contributed by atoms with Gasteiger partial charge in [-0.1, -0.05) is 45.3 Å².